The molecular formula is C18H27N2O4+. The van der Waals surface area contributed by atoms with Crippen molar-refractivity contribution in [3.8, 4) is 5.75 Å². The van der Waals surface area contributed by atoms with Crippen LogP contribution in [0.4, 0.5) is 0 Å². The number of H-pyrrole nitrogens is 1. The van der Waals surface area contributed by atoms with Crippen LogP contribution in [0.25, 0.3) is 10.9 Å². The van der Waals surface area contributed by atoms with Crippen molar-refractivity contribution in [2.75, 3.05) is 54.6 Å². The zero-order valence-electron chi connectivity index (χ0n) is 14.9. The van der Waals surface area contributed by atoms with Gasteiger partial charge in [-0.1, -0.05) is 6.07 Å². The van der Waals surface area contributed by atoms with Crippen LogP contribution in [0.2, 0.25) is 0 Å². The van der Waals surface area contributed by atoms with E-state index in [0.29, 0.717) is 19.0 Å². The normalized spacial score (nSPS) is 11.8. The van der Waals surface area contributed by atoms with Gasteiger partial charge in [-0.05, 0) is 17.7 Å². The van der Waals surface area contributed by atoms with Gasteiger partial charge in [-0.25, -0.2) is 4.79 Å². The fraction of sp³-hybridized carbons (Fsp3) is 0.500. The molecular weight excluding hydrogens is 308 g/mol. The second-order valence-corrected chi connectivity index (χ2v) is 6.78. The summed E-state index contributed by atoms with van der Waals surface area (Å²) in [6, 6.07) is 5.67. The Hall–Kier alpha value is -1.89. The van der Waals surface area contributed by atoms with Gasteiger partial charge in [0, 0.05) is 30.6 Å². The molecule has 1 N–H and O–H groups in total. The summed E-state index contributed by atoms with van der Waals surface area (Å²) in [6.07, 6.45) is 2.90. The minimum Gasteiger partial charge on any atom is -0.424 e. The number of aromatic nitrogens is 1. The number of nitrogens with zero attached hydrogens (tertiary/aromatic N) is 1. The Kier molecular flexibility index (Phi) is 6.36. The van der Waals surface area contributed by atoms with Crippen LogP contribution in [0.1, 0.15) is 5.56 Å². The lowest BCUT2D eigenvalue weighted by molar-refractivity contribution is -0.870. The minimum absolute atomic E-state index is 0.0849. The smallest absolute Gasteiger partial charge is 0.337 e. The lowest BCUT2D eigenvalue weighted by Gasteiger charge is -2.23. The highest BCUT2D eigenvalue weighted by Gasteiger charge is 2.15. The van der Waals surface area contributed by atoms with Crippen LogP contribution in [0.15, 0.2) is 24.4 Å². The highest BCUT2D eigenvalue weighted by molar-refractivity contribution is 5.91. The number of likely N-dealkylation sites (N-methyl/N-ethyl adjacent to an activating group) is 1. The van der Waals surface area contributed by atoms with Gasteiger partial charge in [0.25, 0.3) is 0 Å². The van der Waals surface area contributed by atoms with Gasteiger partial charge in [-0.15, -0.1) is 0 Å². The molecule has 0 aliphatic rings. The number of hydrogen-bond donors (Lipinski definition) is 1. The van der Waals surface area contributed by atoms with Crippen molar-refractivity contribution in [3.63, 3.8) is 0 Å². The summed E-state index contributed by atoms with van der Waals surface area (Å²) < 4.78 is 16.5. The molecule has 0 atom stereocenters. The van der Waals surface area contributed by atoms with Crippen LogP contribution < -0.4 is 4.74 Å². The van der Waals surface area contributed by atoms with E-state index >= 15 is 0 Å². The number of quaternary nitrogens is 1. The molecule has 2 rings (SSSR count). The molecule has 0 amide bonds. The van der Waals surface area contributed by atoms with E-state index < -0.39 is 5.97 Å². The van der Waals surface area contributed by atoms with Crippen LogP contribution in [-0.2, 0) is 20.7 Å². The second kappa shape index (κ2) is 8.28. The Labute approximate surface area is 142 Å². The Morgan fingerprint density at radius 3 is 2.71 bits per heavy atom. The van der Waals surface area contributed by atoms with Crippen LogP contribution in [0.5, 0.6) is 5.75 Å². The quantitative estimate of drug-likeness (QED) is 0.329. The fourth-order valence-electron chi connectivity index (χ4n) is 2.41. The maximum Gasteiger partial charge on any atom is 0.337 e. The van der Waals surface area contributed by atoms with E-state index in [2.05, 4.69) is 26.1 Å². The maximum atomic E-state index is 12.0. The summed E-state index contributed by atoms with van der Waals surface area (Å²) >= 11 is 0. The summed E-state index contributed by atoms with van der Waals surface area (Å²) in [6.45, 7) is 1.73. The number of benzene rings is 1. The van der Waals surface area contributed by atoms with E-state index in [4.69, 9.17) is 14.2 Å². The van der Waals surface area contributed by atoms with Gasteiger partial charge in [-0.2, -0.15) is 0 Å². The molecule has 132 valence electrons. The fourth-order valence-corrected chi connectivity index (χ4v) is 2.41. The summed E-state index contributed by atoms with van der Waals surface area (Å²) in [7, 11) is 8.07. The first-order valence-electron chi connectivity index (χ1n) is 8.07. The average Bonchev–Trinajstić information content (AvgIpc) is 2.93. The third-order valence-corrected chi connectivity index (χ3v) is 3.68. The first-order chi connectivity index (χ1) is 11.4. The van der Waals surface area contributed by atoms with Crippen LogP contribution in [-0.4, -0.2) is 70.1 Å². The molecule has 0 unspecified atom stereocenters. The Bertz CT molecular complexity index is 673. The molecule has 6 heteroatoms. The predicted octanol–water partition coefficient (Wildman–Crippen LogP) is 1.98. The molecule has 0 spiro atoms. The first-order valence-corrected chi connectivity index (χ1v) is 8.07. The van der Waals surface area contributed by atoms with E-state index in [-0.39, 0.29) is 6.61 Å². The van der Waals surface area contributed by atoms with E-state index in [0.717, 1.165) is 33.9 Å². The third-order valence-electron chi connectivity index (χ3n) is 3.68. The summed E-state index contributed by atoms with van der Waals surface area (Å²) in [4.78, 5) is 15.2. The lowest BCUT2D eigenvalue weighted by atomic mass is 10.1. The van der Waals surface area contributed by atoms with Crippen molar-refractivity contribution in [1.29, 1.82) is 0 Å². The number of rotatable bonds is 9. The van der Waals surface area contributed by atoms with Gasteiger partial charge in [0.15, 0.2) is 0 Å². The number of hydrogen-bond acceptors (Lipinski definition) is 4. The third kappa shape index (κ3) is 5.33. The van der Waals surface area contributed by atoms with Crippen LogP contribution in [0, 0.1) is 0 Å². The van der Waals surface area contributed by atoms with Crippen molar-refractivity contribution >= 4 is 16.9 Å². The highest BCUT2D eigenvalue weighted by atomic mass is 16.6. The van der Waals surface area contributed by atoms with Crippen LogP contribution >= 0.6 is 0 Å². The number of carbonyl (C=O) groups is 1. The van der Waals surface area contributed by atoms with Gasteiger partial charge in [0.1, 0.15) is 12.4 Å². The number of aromatic amines is 1. The monoisotopic (exact) mass is 335 g/mol. The van der Waals surface area contributed by atoms with Gasteiger partial charge < -0.3 is 23.7 Å². The zero-order valence-corrected chi connectivity index (χ0v) is 14.9. The number of carbonyl (C=O) groups excluding carboxylic acids is 1. The molecule has 6 nitrogen and oxygen atoms in total. The molecule has 0 radical (unpaired) electrons. The lowest BCUT2D eigenvalue weighted by Crippen LogP contribution is -2.36. The van der Waals surface area contributed by atoms with Crippen molar-refractivity contribution < 1.29 is 23.5 Å². The van der Waals surface area contributed by atoms with Crippen molar-refractivity contribution in [2.45, 2.75) is 6.42 Å². The van der Waals surface area contributed by atoms with E-state index in [9.17, 15) is 4.79 Å². The summed E-state index contributed by atoms with van der Waals surface area (Å²) in [5, 5.41) is 0.969. The van der Waals surface area contributed by atoms with E-state index in [1.807, 2.05) is 24.4 Å². The minimum atomic E-state index is -0.405. The number of esters is 1. The SMILES string of the molecule is COCCOCC(=O)Oc1cccc2[nH]cc(CC[N+](C)(C)C)c12. The molecule has 0 aliphatic heterocycles. The Morgan fingerprint density at radius 2 is 2.00 bits per heavy atom. The van der Waals surface area contributed by atoms with E-state index in [1.165, 1.54) is 0 Å². The van der Waals surface area contributed by atoms with Gasteiger partial charge in [-0.3, -0.25) is 0 Å². The standard InChI is InChI=1S/C18H27N2O4/c1-20(2,3)9-8-14-12-19-15-6-5-7-16(18(14)15)24-17(21)13-23-11-10-22-4/h5-7,12,19H,8-11,13H2,1-4H3/q+1. The summed E-state index contributed by atoms with van der Waals surface area (Å²) in [5.74, 6) is 0.169. The molecule has 0 bridgehead atoms. The predicted molar refractivity (Wildman–Crippen MR) is 93.2 cm³/mol. The van der Waals surface area contributed by atoms with Gasteiger partial charge in [0.2, 0.25) is 0 Å². The average molecular weight is 335 g/mol. The van der Waals surface area contributed by atoms with Crippen LogP contribution in [0.3, 0.4) is 0 Å². The Balaban J connectivity index is 2.09. The number of methoxy groups -OCH3 is 1. The molecule has 1 aromatic carbocycles. The number of nitrogens with one attached hydrogen (secondary N) is 1. The van der Waals surface area contributed by atoms with Crippen molar-refractivity contribution in [2.24, 2.45) is 0 Å². The topological polar surface area (TPSA) is 60.6 Å². The van der Waals surface area contributed by atoms with Crippen molar-refractivity contribution in [1.82, 2.24) is 4.98 Å². The molecule has 24 heavy (non-hydrogen) atoms. The first kappa shape index (κ1) is 18.4. The molecule has 2 aromatic rings. The van der Waals surface area contributed by atoms with Gasteiger partial charge in [0.05, 0.1) is 40.9 Å². The zero-order chi connectivity index (χ0) is 17.6. The highest BCUT2D eigenvalue weighted by Crippen LogP contribution is 2.29. The maximum absolute atomic E-state index is 12.0. The molecule has 0 saturated heterocycles. The summed E-state index contributed by atoms with van der Waals surface area (Å²) in [5.41, 5.74) is 2.12. The largest absolute Gasteiger partial charge is 0.424 e. The van der Waals surface area contributed by atoms with Crippen molar-refractivity contribution in [3.05, 3.63) is 30.0 Å². The number of fused-ring (bicyclic) bond motifs is 1. The Morgan fingerprint density at radius 1 is 1.21 bits per heavy atom. The van der Waals surface area contributed by atoms with Gasteiger partial charge >= 0.3 is 5.97 Å². The molecule has 1 aromatic heterocycles. The molecule has 0 saturated carbocycles. The molecule has 1 heterocycles. The molecule has 0 aliphatic carbocycles. The molecule has 0 fully saturated rings. The number of ether oxygens (including phenoxy) is 3. The van der Waals surface area contributed by atoms with E-state index in [1.54, 1.807) is 7.11 Å². The second-order valence-electron chi connectivity index (χ2n) is 6.78.